The first kappa shape index (κ1) is 69.6. The Balaban J connectivity index is 0.000000240. The number of benzene rings is 4. The molecule has 0 aromatic heterocycles. The lowest BCUT2D eigenvalue weighted by Gasteiger charge is -2.67. The highest BCUT2D eigenvalue weighted by atomic mass is 28.4. The van der Waals surface area contributed by atoms with Crippen LogP contribution in [-0.4, -0.2) is 77.6 Å². The summed E-state index contributed by atoms with van der Waals surface area (Å²) in [5.74, 6) is -5.04. The van der Waals surface area contributed by atoms with E-state index in [4.69, 9.17) is 18.3 Å². The summed E-state index contributed by atoms with van der Waals surface area (Å²) in [6.45, 7) is 18.4. The number of ether oxygens (including phenoxy) is 2. The average molecular weight is 1250 g/mol. The van der Waals surface area contributed by atoms with Crippen molar-refractivity contribution in [3.05, 3.63) is 121 Å². The van der Waals surface area contributed by atoms with E-state index in [1.807, 2.05) is 114 Å². The van der Waals surface area contributed by atoms with E-state index >= 15 is 0 Å². The van der Waals surface area contributed by atoms with Gasteiger partial charge in [0.2, 0.25) is 9.04 Å². The predicted octanol–water partition coefficient (Wildman–Crippen LogP) is 14.6. The van der Waals surface area contributed by atoms with Crippen molar-refractivity contribution in [2.75, 3.05) is 0 Å². The highest BCUT2D eigenvalue weighted by Crippen LogP contribution is 2.72. The molecule has 1 saturated heterocycles. The number of esters is 2. The Morgan fingerprint density at radius 3 is 1.38 bits per heavy atom. The average Bonchev–Trinajstić information content (AvgIpc) is 1.69. The van der Waals surface area contributed by atoms with Crippen molar-refractivity contribution >= 4 is 61.6 Å². The number of carbonyl (C=O) groups is 4. The molecule has 1 aliphatic heterocycles. The Labute approximate surface area is 516 Å². The first-order chi connectivity index (χ1) is 39.6. The van der Waals surface area contributed by atoms with Crippen LogP contribution in [0.4, 0.5) is 26.3 Å². The summed E-state index contributed by atoms with van der Waals surface area (Å²) in [7, 11) is -5.13. The molecule has 4 aromatic carbocycles. The van der Waals surface area contributed by atoms with Gasteiger partial charge in [-0.1, -0.05) is 206 Å². The number of rotatable bonds is 10. The van der Waals surface area contributed by atoms with Gasteiger partial charge in [-0.25, -0.2) is 9.59 Å². The van der Waals surface area contributed by atoms with Crippen LogP contribution in [-0.2, 0) is 37.5 Å². The number of hydrogen-bond donors (Lipinski definition) is 0. The molecule has 1 heterocycles. The van der Waals surface area contributed by atoms with Gasteiger partial charge in [0, 0.05) is 58.2 Å². The Hall–Kier alpha value is -4.91. The van der Waals surface area contributed by atoms with E-state index in [1.165, 1.54) is 10.4 Å². The van der Waals surface area contributed by atoms with Gasteiger partial charge in [0.1, 0.15) is 23.8 Å². The van der Waals surface area contributed by atoms with Gasteiger partial charge in [-0.05, 0) is 114 Å². The molecule has 8 nitrogen and oxygen atoms in total. The fourth-order valence-electron chi connectivity index (χ4n) is 18.8. The zero-order valence-electron chi connectivity index (χ0n) is 50.1. The van der Waals surface area contributed by atoms with Gasteiger partial charge < -0.3 is 18.3 Å². The van der Waals surface area contributed by atoms with Crippen molar-refractivity contribution in [3.63, 3.8) is 0 Å². The molecule has 0 amide bonds. The number of ketones is 2. The van der Waals surface area contributed by atoms with E-state index in [9.17, 15) is 45.5 Å². The number of hydrogen-bond acceptors (Lipinski definition) is 8. The largest absolute Gasteiger partial charge is 0.490 e. The van der Waals surface area contributed by atoms with Gasteiger partial charge in [0.15, 0.2) is 0 Å². The van der Waals surface area contributed by atoms with Gasteiger partial charge in [-0.2, -0.15) is 26.3 Å². The van der Waals surface area contributed by atoms with Gasteiger partial charge in [0.25, 0.3) is 8.32 Å². The number of carbonyl (C=O) groups excluding carboxylic acids is 4. The van der Waals surface area contributed by atoms with Crippen LogP contribution in [0.25, 0.3) is 0 Å². The van der Waals surface area contributed by atoms with Crippen LogP contribution in [0, 0.1) is 68.0 Å². The zero-order chi connectivity index (χ0) is 60.6. The summed E-state index contributed by atoms with van der Waals surface area (Å²) in [5.41, 5.74) is -3.63. The highest BCUT2D eigenvalue weighted by molar-refractivity contribution is 6.97. The van der Waals surface area contributed by atoms with Crippen molar-refractivity contribution in [3.8, 4) is 0 Å². The Kier molecular flexibility index (Phi) is 20.3. The Bertz CT molecular complexity index is 2870. The molecular weight excluding hydrogens is 1150 g/mol. The van der Waals surface area contributed by atoms with Crippen molar-refractivity contribution in [1.82, 2.24) is 0 Å². The third kappa shape index (κ3) is 11.6. The molecule has 7 fully saturated rings. The second-order valence-corrected chi connectivity index (χ2v) is 33.3. The number of halogens is 6. The van der Waals surface area contributed by atoms with Crippen LogP contribution in [0.15, 0.2) is 121 Å². The zero-order valence-corrected chi connectivity index (χ0v) is 52.3. The monoisotopic (exact) mass is 1250 g/mol. The van der Waals surface area contributed by atoms with E-state index in [0.717, 1.165) is 42.1 Å². The molecule has 6 saturated carbocycles. The molecule has 16 heteroatoms. The lowest BCUT2D eigenvalue weighted by molar-refractivity contribution is -0.235. The first-order valence-corrected chi connectivity index (χ1v) is 34.5. The topological polar surface area (TPSA) is 105 Å². The lowest BCUT2D eigenvalue weighted by atomic mass is 9.43. The molecule has 11 rings (SSSR count). The van der Waals surface area contributed by atoms with E-state index in [-0.39, 0.29) is 63.6 Å². The molecule has 0 spiro atoms. The minimum atomic E-state index is -5.09. The van der Waals surface area contributed by atoms with Crippen LogP contribution >= 0.6 is 0 Å². The fraction of sp³-hybridized carbons (Fsp3) is 0.606. The number of alkyl halides is 6. The summed E-state index contributed by atoms with van der Waals surface area (Å²) in [6.07, 6.45) is -5.89. The van der Waals surface area contributed by atoms with Crippen molar-refractivity contribution in [2.24, 2.45) is 68.0 Å². The van der Waals surface area contributed by atoms with Crippen molar-refractivity contribution in [1.29, 1.82) is 0 Å². The summed E-state index contributed by atoms with van der Waals surface area (Å²) in [5, 5.41) is 4.55. The van der Waals surface area contributed by atoms with Gasteiger partial charge in [0.05, 0.1) is 12.2 Å². The molecule has 0 N–H and O–H groups in total. The molecule has 7 aliphatic rings. The number of Topliss-reactive ketones (excluding diaryl/α,β-unsaturated/α-hetero) is 2. The second-order valence-electron chi connectivity index (χ2n) is 27.5. The van der Waals surface area contributed by atoms with Gasteiger partial charge in [-0.15, -0.1) is 0 Å². The van der Waals surface area contributed by atoms with E-state index in [1.54, 1.807) is 0 Å². The minimum absolute atomic E-state index is 0. The van der Waals surface area contributed by atoms with Crippen LogP contribution < -0.4 is 20.7 Å². The Morgan fingerprint density at radius 2 is 0.966 bits per heavy atom. The van der Waals surface area contributed by atoms with Crippen LogP contribution in [0.3, 0.4) is 0 Å². The maximum Gasteiger partial charge on any atom is 0.490 e. The summed E-state index contributed by atoms with van der Waals surface area (Å²) in [4.78, 5) is 52.7. The van der Waals surface area contributed by atoms with E-state index in [2.05, 4.69) is 69.3 Å². The Morgan fingerprint density at radius 1 is 0.575 bits per heavy atom. The van der Waals surface area contributed by atoms with Crippen LogP contribution in [0.1, 0.15) is 162 Å². The molecular formula is C71H96F6O8Si2. The molecule has 0 radical (unpaired) electrons. The van der Waals surface area contributed by atoms with Gasteiger partial charge in [-0.3, -0.25) is 9.59 Å². The molecule has 6 aliphatic carbocycles. The predicted molar refractivity (Wildman–Crippen MR) is 336 cm³/mol. The summed E-state index contributed by atoms with van der Waals surface area (Å²) in [6, 6.07) is 41.9. The third-order valence-electron chi connectivity index (χ3n) is 23.8. The fourth-order valence-corrected chi connectivity index (χ4v) is 26.1. The normalized spacial score (nSPS) is 36.6. The van der Waals surface area contributed by atoms with E-state index < -0.39 is 104 Å². The molecule has 2 unspecified atom stereocenters. The van der Waals surface area contributed by atoms with Crippen molar-refractivity contribution in [2.45, 2.75) is 204 Å². The van der Waals surface area contributed by atoms with Crippen LogP contribution in [0.2, 0.25) is 6.04 Å². The molecule has 16 atom stereocenters. The molecule has 4 bridgehead atoms. The third-order valence-corrected chi connectivity index (χ3v) is 30.7. The quantitative estimate of drug-likeness (QED) is 0.0878. The maximum absolute atomic E-state index is 14.0. The first-order valence-electron chi connectivity index (χ1n) is 30.7. The van der Waals surface area contributed by atoms with Crippen molar-refractivity contribution < 1.29 is 63.8 Å². The smallest absolute Gasteiger partial charge is 0.455 e. The highest BCUT2D eigenvalue weighted by Gasteiger charge is 2.73. The standard InChI is InChI=1S/C34H41F3O4Si.C34H43F3O4Si.3CH4/c1-5-31(3)20-27-32(4)23(21-42(41-27,24-12-8-6-9-13-24)25-14-10-7-11-15-25)16-18-33(19-17-26(38)28(32)33)22(2)29(31)40-30(39)34(35,36)37;1-6-31(4)21-27(41-42(24-13-9-7-10-14-24)25-15-11-8-12-16-25)32(5)22(2)17-19-33(20-18-26(38)28(32)33)23(3)29(31)40-30(39)34(35,36)37;;;/h6-15,22-23,27-29H,5,16-21H2,1-4H3;7-16,22-23,27-29,42H,6,17-21H2,1-5H3;3*1H4/t22-,23-,27+,28?,29-,31+,32-,33-;22-,23+,27-,28?,29+,31-,32+,33+;;;/m01.../s1. The molecule has 87 heavy (non-hydrogen) atoms. The molecule has 4 aromatic rings. The molecule has 478 valence electrons. The van der Waals surface area contributed by atoms with Crippen LogP contribution in [0.5, 0.6) is 0 Å². The van der Waals surface area contributed by atoms with Gasteiger partial charge >= 0.3 is 24.3 Å². The maximum atomic E-state index is 14.0. The lowest BCUT2D eigenvalue weighted by Crippen LogP contribution is -2.74. The van der Waals surface area contributed by atoms with E-state index in [0.29, 0.717) is 51.4 Å². The summed E-state index contributed by atoms with van der Waals surface area (Å²) < 4.78 is 108. The summed E-state index contributed by atoms with van der Waals surface area (Å²) >= 11 is 0. The SMILES string of the molecule is C.C.C.CC[C@]1(C)C[C@@H](O[SiH](c2ccccc2)c2ccccc2)[C@@]2(C)C3C(=O)CC[C@@]3(CC[C@H]2C)[C@@H](C)[C@@H]1OC(=O)C(F)(F)F.CC[C@]1(C)C[C@H]2O[Si](c3ccccc3)(c3ccccc3)C[C@@H]3CC[C@]4(CCC(=O)C4[C@@]32C)[C@@H](C)[C@@H]1OC(=O)C(F)(F)F. The second kappa shape index (κ2) is 25.4. The minimum Gasteiger partial charge on any atom is -0.455 e.